The number of rotatable bonds is 5. The Morgan fingerprint density at radius 1 is 1.14 bits per heavy atom. The second-order valence-electron chi connectivity index (χ2n) is 8.57. The van der Waals surface area contributed by atoms with Gasteiger partial charge in [0.15, 0.2) is 0 Å². The van der Waals surface area contributed by atoms with Crippen LogP contribution in [0.3, 0.4) is 0 Å². The van der Waals surface area contributed by atoms with E-state index in [4.69, 9.17) is 23.2 Å². The summed E-state index contributed by atoms with van der Waals surface area (Å²) >= 11 is 12.1. The van der Waals surface area contributed by atoms with Crippen molar-refractivity contribution in [2.75, 3.05) is 10.6 Å². The largest absolute Gasteiger partial charge is 0.361 e. The molecule has 0 unspecified atom stereocenters. The van der Waals surface area contributed by atoms with Gasteiger partial charge < -0.3 is 16.0 Å². The van der Waals surface area contributed by atoms with E-state index in [2.05, 4.69) is 53.6 Å². The average molecular weight is 439 g/mol. The molecule has 2 aromatic rings. The fourth-order valence-electron chi connectivity index (χ4n) is 4.08. The first-order valence-electron chi connectivity index (χ1n) is 9.23. The Labute approximate surface area is 179 Å². The van der Waals surface area contributed by atoms with Crippen LogP contribution in [0, 0.1) is 10.1 Å². The van der Waals surface area contributed by atoms with Gasteiger partial charge in [0, 0.05) is 22.1 Å². The molecule has 0 amide bonds. The van der Waals surface area contributed by atoms with Crippen LogP contribution >= 0.6 is 23.2 Å². The predicted octanol–water partition coefficient (Wildman–Crippen LogP) is 5.16. The molecule has 1 aliphatic heterocycles. The second-order valence-corrected chi connectivity index (χ2v) is 9.41. The first-order chi connectivity index (χ1) is 13.5. The molecule has 0 spiro atoms. The number of hydrogen-bond acceptors (Lipinski definition) is 7. The summed E-state index contributed by atoms with van der Waals surface area (Å²) in [5.41, 5.74) is 0.0127. The van der Waals surface area contributed by atoms with Gasteiger partial charge in [0.25, 0.3) is 0 Å². The molecule has 2 heterocycles. The van der Waals surface area contributed by atoms with Crippen molar-refractivity contribution in [3.63, 3.8) is 0 Å². The van der Waals surface area contributed by atoms with Gasteiger partial charge in [0.05, 0.1) is 15.6 Å². The number of halogens is 2. The van der Waals surface area contributed by atoms with E-state index in [1.54, 1.807) is 18.2 Å². The molecule has 0 aliphatic carbocycles. The molecule has 29 heavy (non-hydrogen) atoms. The van der Waals surface area contributed by atoms with Crippen LogP contribution in [0.2, 0.25) is 10.0 Å². The summed E-state index contributed by atoms with van der Waals surface area (Å²) in [6.45, 7) is 8.47. The Balaban J connectivity index is 1.92. The number of aromatic nitrogens is 2. The van der Waals surface area contributed by atoms with E-state index in [-0.39, 0.29) is 34.4 Å². The van der Waals surface area contributed by atoms with Crippen LogP contribution in [0.4, 0.5) is 23.0 Å². The Bertz CT molecular complexity index is 919. The molecular weight excluding hydrogens is 415 g/mol. The Morgan fingerprint density at radius 2 is 1.76 bits per heavy atom. The van der Waals surface area contributed by atoms with E-state index in [0.717, 1.165) is 12.8 Å². The van der Waals surface area contributed by atoms with Crippen molar-refractivity contribution in [2.45, 2.75) is 57.7 Å². The molecule has 1 fully saturated rings. The van der Waals surface area contributed by atoms with Crippen LogP contribution in [0.1, 0.15) is 40.5 Å². The second kappa shape index (κ2) is 7.93. The SMILES string of the molecule is CC1(C)CC(Nc2ncnc(Nc3ccc(Cl)cc3Cl)c2[N+](=O)[O-])CC(C)(C)N1. The normalized spacial score (nSPS) is 18.3. The van der Waals surface area contributed by atoms with Crippen LogP contribution < -0.4 is 16.0 Å². The first-order valence-corrected chi connectivity index (χ1v) is 9.99. The predicted molar refractivity (Wildman–Crippen MR) is 116 cm³/mol. The smallest absolute Gasteiger partial charge is 0.353 e. The summed E-state index contributed by atoms with van der Waals surface area (Å²) in [5, 5.41) is 22.4. The Morgan fingerprint density at radius 3 is 2.34 bits per heavy atom. The third kappa shape index (κ3) is 5.26. The van der Waals surface area contributed by atoms with Crippen molar-refractivity contribution in [2.24, 2.45) is 0 Å². The number of anilines is 3. The van der Waals surface area contributed by atoms with Crippen molar-refractivity contribution in [1.82, 2.24) is 15.3 Å². The van der Waals surface area contributed by atoms with E-state index in [0.29, 0.717) is 15.7 Å². The summed E-state index contributed by atoms with van der Waals surface area (Å²) in [6.07, 6.45) is 2.88. The van der Waals surface area contributed by atoms with Gasteiger partial charge in [0.1, 0.15) is 6.33 Å². The molecule has 1 aromatic carbocycles. The topological polar surface area (TPSA) is 105 Å². The third-order valence-electron chi connectivity index (χ3n) is 4.72. The minimum Gasteiger partial charge on any atom is -0.361 e. The quantitative estimate of drug-likeness (QED) is 0.437. The summed E-state index contributed by atoms with van der Waals surface area (Å²) in [6, 6.07) is 4.85. The standard InChI is InChI=1S/C19H24Cl2N6O2/c1-18(2)8-12(9-19(3,4)26-18)24-16-15(27(28)29)17(23-10-22-16)25-14-6-5-11(20)7-13(14)21/h5-7,10,12,26H,8-9H2,1-4H3,(H2,22,23,24,25). The highest BCUT2D eigenvalue weighted by Gasteiger charge is 2.38. The number of nitro groups is 1. The third-order valence-corrected chi connectivity index (χ3v) is 5.27. The van der Waals surface area contributed by atoms with E-state index in [1.807, 2.05) is 0 Å². The molecule has 1 aromatic heterocycles. The molecule has 156 valence electrons. The molecule has 3 rings (SSSR count). The van der Waals surface area contributed by atoms with Gasteiger partial charge >= 0.3 is 5.69 Å². The summed E-state index contributed by atoms with van der Waals surface area (Å²) in [5.74, 6) is 0.236. The van der Waals surface area contributed by atoms with Gasteiger partial charge in [-0.3, -0.25) is 10.1 Å². The monoisotopic (exact) mass is 438 g/mol. The lowest BCUT2D eigenvalue weighted by Gasteiger charge is -2.46. The molecule has 0 atom stereocenters. The molecule has 0 radical (unpaired) electrons. The van der Waals surface area contributed by atoms with E-state index in [1.165, 1.54) is 6.33 Å². The lowest BCUT2D eigenvalue weighted by atomic mass is 9.79. The van der Waals surface area contributed by atoms with Gasteiger partial charge in [0.2, 0.25) is 11.6 Å². The lowest BCUT2D eigenvalue weighted by molar-refractivity contribution is -0.383. The minimum absolute atomic E-state index is 0.0156. The molecular formula is C19H24Cl2N6O2. The average Bonchev–Trinajstić information content (AvgIpc) is 2.54. The Kier molecular flexibility index (Phi) is 5.89. The van der Waals surface area contributed by atoms with Gasteiger partial charge in [-0.25, -0.2) is 9.97 Å². The number of piperidine rings is 1. The maximum Gasteiger partial charge on any atom is 0.353 e. The number of benzene rings is 1. The van der Waals surface area contributed by atoms with Crippen LogP contribution in [-0.4, -0.2) is 32.0 Å². The highest BCUT2D eigenvalue weighted by molar-refractivity contribution is 6.36. The molecule has 8 nitrogen and oxygen atoms in total. The fourth-order valence-corrected chi connectivity index (χ4v) is 4.54. The van der Waals surface area contributed by atoms with Gasteiger partial charge in [-0.2, -0.15) is 0 Å². The zero-order chi connectivity index (χ0) is 21.4. The van der Waals surface area contributed by atoms with Gasteiger partial charge in [-0.05, 0) is 58.7 Å². The zero-order valence-electron chi connectivity index (χ0n) is 16.7. The van der Waals surface area contributed by atoms with E-state index in [9.17, 15) is 10.1 Å². The first kappa shape index (κ1) is 21.5. The summed E-state index contributed by atoms with van der Waals surface area (Å²) in [7, 11) is 0. The van der Waals surface area contributed by atoms with Crippen molar-refractivity contribution in [3.8, 4) is 0 Å². The molecule has 1 saturated heterocycles. The van der Waals surface area contributed by atoms with Crippen LogP contribution in [0.5, 0.6) is 0 Å². The number of nitrogens with one attached hydrogen (secondary N) is 3. The van der Waals surface area contributed by atoms with Gasteiger partial charge in [-0.1, -0.05) is 23.2 Å². The summed E-state index contributed by atoms with van der Waals surface area (Å²) in [4.78, 5) is 19.6. The van der Waals surface area contributed by atoms with Crippen molar-refractivity contribution in [3.05, 3.63) is 44.7 Å². The van der Waals surface area contributed by atoms with Crippen molar-refractivity contribution >= 4 is 46.2 Å². The van der Waals surface area contributed by atoms with Crippen molar-refractivity contribution < 1.29 is 4.92 Å². The molecule has 10 heteroatoms. The fraction of sp³-hybridized carbons (Fsp3) is 0.474. The van der Waals surface area contributed by atoms with Crippen molar-refractivity contribution in [1.29, 1.82) is 0 Å². The van der Waals surface area contributed by atoms with E-state index < -0.39 is 4.92 Å². The zero-order valence-corrected chi connectivity index (χ0v) is 18.2. The number of hydrogen-bond donors (Lipinski definition) is 3. The lowest BCUT2D eigenvalue weighted by Crippen LogP contribution is -2.60. The van der Waals surface area contributed by atoms with Crippen LogP contribution in [0.25, 0.3) is 0 Å². The minimum atomic E-state index is -0.494. The van der Waals surface area contributed by atoms with Crippen LogP contribution in [-0.2, 0) is 0 Å². The highest BCUT2D eigenvalue weighted by Crippen LogP contribution is 2.36. The highest BCUT2D eigenvalue weighted by atomic mass is 35.5. The van der Waals surface area contributed by atoms with Gasteiger partial charge in [-0.15, -0.1) is 0 Å². The maximum atomic E-state index is 11.8. The molecule has 1 aliphatic rings. The Hall–Kier alpha value is -2.16. The van der Waals surface area contributed by atoms with E-state index >= 15 is 0 Å². The maximum absolute atomic E-state index is 11.8. The molecule has 0 saturated carbocycles. The van der Waals surface area contributed by atoms with Crippen LogP contribution in [0.15, 0.2) is 24.5 Å². The molecule has 0 bridgehead atoms. The molecule has 3 N–H and O–H groups in total. The number of nitrogens with zero attached hydrogens (tertiary/aromatic N) is 3. The summed E-state index contributed by atoms with van der Waals surface area (Å²) < 4.78 is 0.